The van der Waals surface area contributed by atoms with Crippen LogP contribution in [-0.2, 0) is 6.42 Å². The van der Waals surface area contributed by atoms with Crippen LogP contribution in [0.4, 0.5) is 0 Å². The molecule has 1 N–H and O–H groups in total. The van der Waals surface area contributed by atoms with Gasteiger partial charge in [0.05, 0.1) is 0 Å². The van der Waals surface area contributed by atoms with Crippen molar-refractivity contribution in [1.82, 2.24) is 0 Å². The Labute approximate surface area is 121 Å². The lowest BCUT2D eigenvalue weighted by Gasteiger charge is -2.07. The van der Waals surface area contributed by atoms with Gasteiger partial charge in [0.15, 0.2) is 0 Å². The molecule has 0 saturated carbocycles. The molecule has 1 heteroatoms. The minimum absolute atomic E-state index is 0.336. The molecule has 0 spiro atoms. The molecule has 0 aromatic heterocycles. The summed E-state index contributed by atoms with van der Waals surface area (Å²) in [4.78, 5) is 0. The number of aryl methyl sites for hydroxylation is 1. The quantitative estimate of drug-likeness (QED) is 0.766. The number of phenolic OH excluding ortho intramolecular Hbond substituents is 1. The number of aromatic hydroxyl groups is 1. The summed E-state index contributed by atoms with van der Waals surface area (Å²) in [5, 5.41) is 9.97. The molecule has 0 aliphatic heterocycles. The summed E-state index contributed by atoms with van der Waals surface area (Å²) in [5.41, 5.74) is 4.57. The predicted octanol–water partition coefficient (Wildman–Crippen LogP) is 5.07. The van der Waals surface area contributed by atoms with Gasteiger partial charge in [0.1, 0.15) is 5.75 Å². The Morgan fingerprint density at radius 2 is 1.70 bits per heavy atom. The van der Waals surface area contributed by atoms with Crippen LogP contribution in [0.25, 0.3) is 12.2 Å². The number of hydrogen-bond acceptors (Lipinski definition) is 1. The molecule has 0 atom stereocenters. The maximum atomic E-state index is 9.97. The van der Waals surface area contributed by atoms with Crippen LogP contribution in [-0.4, -0.2) is 5.11 Å². The van der Waals surface area contributed by atoms with E-state index in [1.165, 1.54) is 16.7 Å². The SMILES string of the molecule is Cc1ccccc1/C=C/c1cc(CC(C)C)ccc1O. The lowest BCUT2D eigenvalue weighted by atomic mass is 9.99. The number of hydrogen-bond donors (Lipinski definition) is 1. The van der Waals surface area contributed by atoms with Gasteiger partial charge < -0.3 is 5.11 Å². The van der Waals surface area contributed by atoms with Crippen LogP contribution >= 0.6 is 0 Å². The third-order valence-corrected chi connectivity index (χ3v) is 3.37. The molecule has 2 rings (SSSR count). The molecule has 2 aromatic rings. The second-order valence-electron chi connectivity index (χ2n) is 5.68. The van der Waals surface area contributed by atoms with Gasteiger partial charge in [-0.3, -0.25) is 0 Å². The first-order chi connectivity index (χ1) is 9.56. The number of rotatable bonds is 4. The van der Waals surface area contributed by atoms with Crippen molar-refractivity contribution in [2.24, 2.45) is 5.92 Å². The van der Waals surface area contributed by atoms with E-state index in [2.05, 4.69) is 45.0 Å². The van der Waals surface area contributed by atoms with Gasteiger partial charge in [-0.2, -0.15) is 0 Å². The van der Waals surface area contributed by atoms with Crippen LogP contribution in [0.5, 0.6) is 5.75 Å². The van der Waals surface area contributed by atoms with Crippen molar-refractivity contribution < 1.29 is 5.11 Å². The Bertz CT molecular complexity index is 609. The Kier molecular flexibility index (Phi) is 4.62. The van der Waals surface area contributed by atoms with E-state index in [9.17, 15) is 5.11 Å². The van der Waals surface area contributed by atoms with Crippen molar-refractivity contribution in [2.75, 3.05) is 0 Å². The fourth-order valence-electron chi connectivity index (χ4n) is 2.29. The minimum Gasteiger partial charge on any atom is -0.507 e. The van der Waals surface area contributed by atoms with E-state index < -0.39 is 0 Å². The second-order valence-corrected chi connectivity index (χ2v) is 5.68. The molecular weight excluding hydrogens is 244 g/mol. The van der Waals surface area contributed by atoms with Gasteiger partial charge in [-0.15, -0.1) is 0 Å². The Morgan fingerprint density at radius 3 is 2.40 bits per heavy atom. The molecule has 0 heterocycles. The van der Waals surface area contributed by atoms with Crippen LogP contribution in [0.1, 0.15) is 36.1 Å². The average Bonchev–Trinajstić information content (AvgIpc) is 2.40. The Morgan fingerprint density at radius 1 is 1.00 bits per heavy atom. The number of phenols is 1. The molecule has 0 amide bonds. The van der Waals surface area contributed by atoms with Crippen molar-refractivity contribution in [3.63, 3.8) is 0 Å². The highest BCUT2D eigenvalue weighted by molar-refractivity contribution is 5.73. The first-order valence-electron chi connectivity index (χ1n) is 7.12. The fraction of sp³-hybridized carbons (Fsp3) is 0.263. The first-order valence-corrected chi connectivity index (χ1v) is 7.12. The van der Waals surface area contributed by atoms with Crippen molar-refractivity contribution in [1.29, 1.82) is 0 Å². The molecule has 0 fully saturated rings. The summed E-state index contributed by atoms with van der Waals surface area (Å²) < 4.78 is 0. The van der Waals surface area contributed by atoms with E-state index >= 15 is 0 Å². The lowest BCUT2D eigenvalue weighted by Crippen LogP contribution is -1.94. The van der Waals surface area contributed by atoms with Gasteiger partial charge in [-0.25, -0.2) is 0 Å². The van der Waals surface area contributed by atoms with E-state index in [1.807, 2.05) is 24.3 Å². The zero-order chi connectivity index (χ0) is 14.5. The summed E-state index contributed by atoms with van der Waals surface area (Å²) in [5.74, 6) is 0.954. The second kappa shape index (κ2) is 6.42. The van der Waals surface area contributed by atoms with Crippen LogP contribution in [0, 0.1) is 12.8 Å². The molecule has 1 nitrogen and oxygen atoms in total. The lowest BCUT2D eigenvalue weighted by molar-refractivity contribution is 0.473. The summed E-state index contributed by atoms with van der Waals surface area (Å²) in [6, 6.07) is 14.1. The highest BCUT2D eigenvalue weighted by Gasteiger charge is 2.02. The van der Waals surface area contributed by atoms with Gasteiger partial charge in [0, 0.05) is 5.56 Å². The highest BCUT2D eigenvalue weighted by Crippen LogP contribution is 2.23. The molecule has 2 aromatic carbocycles. The molecule has 0 aliphatic rings. The van der Waals surface area contributed by atoms with Crippen molar-refractivity contribution in [3.05, 3.63) is 64.7 Å². The predicted molar refractivity (Wildman–Crippen MR) is 86.8 cm³/mol. The Balaban J connectivity index is 2.26. The average molecular weight is 266 g/mol. The van der Waals surface area contributed by atoms with E-state index in [-0.39, 0.29) is 0 Å². The third-order valence-electron chi connectivity index (χ3n) is 3.37. The van der Waals surface area contributed by atoms with Crippen LogP contribution < -0.4 is 0 Å². The standard InChI is InChI=1S/C19H22O/c1-14(2)12-16-8-11-19(20)18(13-16)10-9-17-7-5-4-6-15(17)3/h4-11,13-14,20H,12H2,1-3H3/b10-9+. The molecule has 0 unspecified atom stereocenters. The van der Waals surface area contributed by atoms with E-state index in [0.717, 1.165) is 12.0 Å². The minimum atomic E-state index is 0.336. The molecule has 104 valence electrons. The highest BCUT2D eigenvalue weighted by atomic mass is 16.3. The van der Waals surface area contributed by atoms with E-state index in [1.54, 1.807) is 6.07 Å². The van der Waals surface area contributed by atoms with E-state index in [4.69, 9.17) is 0 Å². The summed E-state index contributed by atoms with van der Waals surface area (Å²) in [6.07, 6.45) is 5.08. The van der Waals surface area contributed by atoms with Crippen molar-refractivity contribution >= 4 is 12.2 Å². The largest absolute Gasteiger partial charge is 0.507 e. The molecule has 0 saturated heterocycles. The normalized spacial score (nSPS) is 11.4. The molecule has 0 radical (unpaired) electrons. The summed E-state index contributed by atoms with van der Waals surface area (Å²) in [6.45, 7) is 6.50. The zero-order valence-electron chi connectivity index (χ0n) is 12.4. The maximum Gasteiger partial charge on any atom is 0.122 e. The summed E-state index contributed by atoms with van der Waals surface area (Å²) >= 11 is 0. The fourth-order valence-corrected chi connectivity index (χ4v) is 2.29. The molecule has 20 heavy (non-hydrogen) atoms. The van der Waals surface area contributed by atoms with Crippen molar-refractivity contribution in [2.45, 2.75) is 27.2 Å². The van der Waals surface area contributed by atoms with Gasteiger partial charge in [-0.05, 0) is 48.1 Å². The van der Waals surface area contributed by atoms with Gasteiger partial charge in [0.2, 0.25) is 0 Å². The third kappa shape index (κ3) is 3.74. The molecule has 0 aliphatic carbocycles. The maximum absolute atomic E-state index is 9.97. The van der Waals surface area contributed by atoms with Crippen molar-refractivity contribution in [3.8, 4) is 5.75 Å². The van der Waals surface area contributed by atoms with Gasteiger partial charge >= 0.3 is 0 Å². The van der Waals surface area contributed by atoms with Crippen LogP contribution in [0.2, 0.25) is 0 Å². The first kappa shape index (κ1) is 14.4. The van der Waals surface area contributed by atoms with Crippen LogP contribution in [0.3, 0.4) is 0 Å². The molecular formula is C19H22O. The van der Waals surface area contributed by atoms with Crippen LogP contribution in [0.15, 0.2) is 42.5 Å². The summed E-state index contributed by atoms with van der Waals surface area (Å²) in [7, 11) is 0. The number of benzene rings is 2. The monoisotopic (exact) mass is 266 g/mol. The van der Waals surface area contributed by atoms with Gasteiger partial charge in [-0.1, -0.05) is 56.3 Å². The Hall–Kier alpha value is -2.02. The topological polar surface area (TPSA) is 20.2 Å². The van der Waals surface area contributed by atoms with Gasteiger partial charge in [0.25, 0.3) is 0 Å². The van der Waals surface area contributed by atoms with E-state index in [0.29, 0.717) is 11.7 Å². The smallest absolute Gasteiger partial charge is 0.122 e. The zero-order valence-corrected chi connectivity index (χ0v) is 12.4. The molecule has 0 bridgehead atoms.